The molecule has 18 heteroatoms. The van der Waals surface area contributed by atoms with Gasteiger partial charge in [0, 0.05) is 19.6 Å². The Morgan fingerprint density at radius 2 is 1.05 bits per heavy atom. The average Bonchev–Trinajstić information content (AvgIpc) is 2.84. The largest absolute Gasteiger partial charge is 0.480 e. The Balaban J connectivity index is 5.21. The second-order valence-electron chi connectivity index (χ2n) is 8.64. The average molecular weight is 558 g/mol. The number of carbonyl (C=O) groups is 4. The van der Waals surface area contributed by atoms with Crippen molar-refractivity contribution in [3.05, 3.63) is 0 Å². The van der Waals surface area contributed by atoms with E-state index in [1.807, 2.05) is 0 Å². The highest BCUT2D eigenvalue weighted by Gasteiger charge is 2.28. The maximum Gasteiger partial charge on any atom is 0.326 e. The molecule has 0 heterocycles. The maximum absolute atomic E-state index is 12.9. The number of nitrogens with two attached hydrogens (primary N) is 7. The molecule has 0 aromatic carbocycles. The molecule has 0 saturated heterocycles. The Hall–Kier alpha value is -4.35. The molecule has 0 saturated carbocycles. The molecular formula is C21H43N13O5. The fraction of sp³-hybridized carbons (Fsp3) is 0.667. The number of nitrogens with one attached hydrogen (secondary N) is 3. The molecule has 39 heavy (non-hydrogen) atoms. The first-order valence-corrected chi connectivity index (χ1v) is 12.3. The highest BCUT2D eigenvalue weighted by atomic mass is 16.4. The van der Waals surface area contributed by atoms with Crippen molar-refractivity contribution in [3.8, 4) is 0 Å². The number of carboxylic acids is 1. The van der Waals surface area contributed by atoms with E-state index in [1.54, 1.807) is 0 Å². The fourth-order valence-electron chi connectivity index (χ4n) is 3.14. The van der Waals surface area contributed by atoms with Gasteiger partial charge in [-0.05, 0) is 45.4 Å². The maximum atomic E-state index is 12.9. The van der Waals surface area contributed by atoms with Gasteiger partial charge in [-0.1, -0.05) is 0 Å². The van der Waals surface area contributed by atoms with Gasteiger partial charge in [0.1, 0.15) is 18.1 Å². The van der Waals surface area contributed by atoms with Crippen LogP contribution >= 0.6 is 0 Å². The summed E-state index contributed by atoms with van der Waals surface area (Å²) in [5.74, 6) is -3.62. The predicted octanol–water partition coefficient (Wildman–Crippen LogP) is -4.97. The van der Waals surface area contributed by atoms with Crippen LogP contribution in [-0.4, -0.2) is 90.5 Å². The van der Waals surface area contributed by atoms with Crippen LogP contribution in [0.5, 0.6) is 0 Å². The summed E-state index contributed by atoms with van der Waals surface area (Å²) in [6.07, 6.45) is 1.42. The molecule has 4 atom stereocenters. The van der Waals surface area contributed by atoms with E-state index in [9.17, 15) is 24.3 Å². The van der Waals surface area contributed by atoms with Gasteiger partial charge in [-0.3, -0.25) is 29.4 Å². The lowest BCUT2D eigenvalue weighted by atomic mass is 10.1. The van der Waals surface area contributed by atoms with Gasteiger partial charge in [0.05, 0.1) is 6.04 Å². The van der Waals surface area contributed by atoms with E-state index in [0.29, 0.717) is 19.4 Å². The lowest BCUT2D eigenvalue weighted by Crippen LogP contribution is -2.56. The molecule has 0 aliphatic carbocycles. The molecule has 0 aromatic heterocycles. The number of amides is 3. The highest BCUT2D eigenvalue weighted by molar-refractivity contribution is 5.93. The van der Waals surface area contributed by atoms with Crippen molar-refractivity contribution in [2.45, 2.75) is 69.6 Å². The van der Waals surface area contributed by atoms with Crippen LogP contribution in [0.25, 0.3) is 0 Å². The predicted molar refractivity (Wildman–Crippen MR) is 147 cm³/mol. The number of carboxylic acid groups (broad SMARTS) is 1. The minimum absolute atomic E-state index is 0.0417. The van der Waals surface area contributed by atoms with E-state index in [4.69, 9.17) is 40.1 Å². The molecular weight excluding hydrogens is 514 g/mol. The molecule has 0 spiro atoms. The topological polar surface area (TPSA) is 344 Å². The summed E-state index contributed by atoms with van der Waals surface area (Å²) in [6, 6.07) is -4.36. The molecule has 4 unspecified atom stereocenters. The standard InChI is InChI=1S/C21H43N13O5/c1-11(32-16(36)12(22)5-2-8-29-19(23)24)15(35)33-13(6-3-9-30-20(25)26)17(37)34-14(18(38)39)7-4-10-31-21(27)28/h11-14H,2-10,22H2,1H3,(H,32,36)(H,33,35)(H,34,37)(H,38,39)(H4,23,24,29)(H4,25,26,30)(H4,27,28,31). The van der Waals surface area contributed by atoms with Crippen molar-refractivity contribution in [1.82, 2.24) is 16.0 Å². The minimum atomic E-state index is -1.27. The van der Waals surface area contributed by atoms with Crippen LogP contribution in [0.15, 0.2) is 15.0 Å². The SMILES string of the molecule is CC(NC(=O)C(N)CCCN=C(N)N)C(=O)NC(CCCN=C(N)N)C(=O)NC(CCCN=C(N)N)C(=O)O. The number of hydrogen-bond donors (Lipinski definition) is 11. The summed E-state index contributed by atoms with van der Waals surface area (Å²) < 4.78 is 0. The third kappa shape index (κ3) is 16.9. The highest BCUT2D eigenvalue weighted by Crippen LogP contribution is 2.04. The summed E-state index contributed by atoms with van der Waals surface area (Å²) in [6.45, 7) is 2.05. The summed E-state index contributed by atoms with van der Waals surface area (Å²) in [5.41, 5.74) is 37.5. The molecule has 0 fully saturated rings. The van der Waals surface area contributed by atoms with Gasteiger partial charge in [-0.15, -0.1) is 0 Å². The number of rotatable bonds is 19. The van der Waals surface area contributed by atoms with Crippen LogP contribution in [0.3, 0.4) is 0 Å². The second-order valence-corrected chi connectivity index (χ2v) is 8.64. The Kier molecular flexibility index (Phi) is 16.7. The summed E-state index contributed by atoms with van der Waals surface area (Å²) in [7, 11) is 0. The monoisotopic (exact) mass is 557 g/mol. The normalized spacial score (nSPS) is 13.5. The molecule has 0 rings (SSSR count). The van der Waals surface area contributed by atoms with Gasteiger partial charge in [0.25, 0.3) is 0 Å². The summed E-state index contributed by atoms with van der Waals surface area (Å²) in [5, 5.41) is 16.9. The lowest BCUT2D eigenvalue weighted by molar-refractivity contribution is -0.142. The number of guanidine groups is 3. The molecule has 18 N–H and O–H groups in total. The molecule has 0 radical (unpaired) electrons. The smallest absolute Gasteiger partial charge is 0.326 e. The zero-order valence-electron chi connectivity index (χ0n) is 22.1. The van der Waals surface area contributed by atoms with Crippen LogP contribution in [0.1, 0.15) is 45.4 Å². The number of hydrogen-bond acceptors (Lipinski definition) is 8. The number of aliphatic carboxylic acids is 1. The Bertz CT molecular complexity index is 897. The third-order valence-corrected chi connectivity index (χ3v) is 5.19. The number of nitrogens with zero attached hydrogens (tertiary/aromatic N) is 3. The lowest BCUT2D eigenvalue weighted by Gasteiger charge is -2.23. The Morgan fingerprint density at radius 1 is 0.641 bits per heavy atom. The van der Waals surface area contributed by atoms with Crippen molar-refractivity contribution < 1.29 is 24.3 Å². The molecule has 3 amide bonds. The van der Waals surface area contributed by atoms with Crippen molar-refractivity contribution in [1.29, 1.82) is 0 Å². The fourth-order valence-corrected chi connectivity index (χ4v) is 3.14. The van der Waals surface area contributed by atoms with Crippen molar-refractivity contribution in [2.24, 2.45) is 55.1 Å². The zero-order valence-corrected chi connectivity index (χ0v) is 22.1. The molecule has 0 aromatic rings. The van der Waals surface area contributed by atoms with Crippen molar-refractivity contribution >= 4 is 41.6 Å². The van der Waals surface area contributed by atoms with Gasteiger partial charge < -0.3 is 61.2 Å². The molecule has 0 bridgehead atoms. The number of aliphatic imine (C=N–C) groups is 3. The van der Waals surface area contributed by atoms with E-state index in [2.05, 4.69) is 30.9 Å². The summed E-state index contributed by atoms with van der Waals surface area (Å²) >= 11 is 0. The van der Waals surface area contributed by atoms with E-state index >= 15 is 0 Å². The van der Waals surface area contributed by atoms with Gasteiger partial charge in [-0.25, -0.2) is 4.79 Å². The Labute approximate surface area is 226 Å². The van der Waals surface area contributed by atoms with Gasteiger partial charge in [-0.2, -0.15) is 0 Å². The zero-order chi connectivity index (χ0) is 30.0. The molecule has 0 aliphatic heterocycles. The Morgan fingerprint density at radius 3 is 1.49 bits per heavy atom. The van der Waals surface area contributed by atoms with Crippen molar-refractivity contribution in [2.75, 3.05) is 19.6 Å². The van der Waals surface area contributed by atoms with Gasteiger partial charge >= 0.3 is 5.97 Å². The van der Waals surface area contributed by atoms with E-state index in [0.717, 1.165) is 0 Å². The van der Waals surface area contributed by atoms with E-state index in [1.165, 1.54) is 6.92 Å². The second kappa shape index (κ2) is 18.8. The van der Waals surface area contributed by atoms with E-state index in [-0.39, 0.29) is 56.7 Å². The van der Waals surface area contributed by atoms with Crippen LogP contribution in [-0.2, 0) is 19.2 Å². The number of carbonyl (C=O) groups excluding carboxylic acids is 3. The molecule has 18 nitrogen and oxygen atoms in total. The third-order valence-electron chi connectivity index (χ3n) is 5.19. The first kappa shape index (κ1) is 34.6. The van der Waals surface area contributed by atoms with Crippen molar-refractivity contribution in [3.63, 3.8) is 0 Å². The van der Waals surface area contributed by atoms with Crippen LogP contribution in [0.2, 0.25) is 0 Å². The minimum Gasteiger partial charge on any atom is -0.480 e. The first-order valence-electron chi connectivity index (χ1n) is 12.3. The van der Waals surface area contributed by atoms with Gasteiger partial charge in [0.15, 0.2) is 17.9 Å². The first-order chi connectivity index (χ1) is 18.2. The van der Waals surface area contributed by atoms with E-state index < -0.39 is 47.9 Å². The van der Waals surface area contributed by atoms with Crippen LogP contribution in [0.4, 0.5) is 0 Å². The molecule has 0 aliphatic rings. The molecule has 222 valence electrons. The quantitative estimate of drug-likeness (QED) is 0.0404. The van der Waals surface area contributed by atoms with Crippen LogP contribution < -0.4 is 56.1 Å². The summed E-state index contributed by atoms with van der Waals surface area (Å²) in [4.78, 5) is 61.1. The van der Waals surface area contributed by atoms with Gasteiger partial charge in [0.2, 0.25) is 17.7 Å². The van der Waals surface area contributed by atoms with Crippen LogP contribution in [0, 0.1) is 0 Å².